The predicted octanol–water partition coefficient (Wildman–Crippen LogP) is 3.07. The van der Waals surface area contributed by atoms with Crippen molar-refractivity contribution in [2.45, 2.75) is 57.6 Å². The predicted molar refractivity (Wildman–Crippen MR) is 71.6 cm³/mol. The van der Waals surface area contributed by atoms with Gasteiger partial charge in [0.2, 0.25) is 0 Å². The smallest absolute Gasteiger partial charge is 0.118 e. The highest BCUT2D eigenvalue weighted by atomic mass is 19.1. The Morgan fingerprint density at radius 1 is 1.39 bits per heavy atom. The summed E-state index contributed by atoms with van der Waals surface area (Å²) in [6.45, 7) is 4.13. The molecule has 0 saturated heterocycles. The van der Waals surface area contributed by atoms with Crippen LogP contribution >= 0.6 is 0 Å². The molecule has 2 rings (SSSR count). The van der Waals surface area contributed by atoms with Gasteiger partial charge >= 0.3 is 0 Å². The SMILES string of the molecule is CC(C)(N)[C@]1(C2C=CC(F)=CC2)CC[C@H](O)CC1. The number of halogens is 1. The van der Waals surface area contributed by atoms with Crippen molar-refractivity contribution in [2.75, 3.05) is 0 Å². The highest BCUT2D eigenvalue weighted by Crippen LogP contribution is 2.51. The van der Waals surface area contributed by atoms with Gasteiger partial charge in [0.25, 0.3) is 0 Å². The zero-order valence-electron chi connectivity index (χ0n) is 11.3. The number of aliphatic hydroxyl groups is 1. The maximum Gasteiger partial charge on any atom is 0.118 e. The standard InChI is InChI=1S/C15H24FNO/c1-14(2,17)15(9-7-13(18)8-10-15)11-3-5-12(16)6-4-11/h3,5-6,11,13,18H,4,7-10,17H2,1-2H3/t11?,13-,15+. The van der Waals surface area contributed by atoms with Gasteiger partial charge in [0.1, 0.15) is 5.83 Å². The van der Waals surface area contributed by atoms with Crippen LogP contribution in [-0.2, 0) is 0 Å². The molecule has 102 valence electrons. The zero-order valence-corrected chi connectivity index (χ0v) is 11.3. The molecule has 0 amide bonds. The van der Waals surface area contributed by atoms with E-state index in [0.717, 1.165) is 32.1 Å². The third-order valence-electron chi connectivity index (χ3n) is 4.89. The number of hydrogen-bond donors (Lipinski definition) is 2. The van der Waals surface area contributed by atoms with Gasteiger partial charge in [-0.25, -0.2) is 4.39 Å². The second-order valence-electron chi connectivity index (χ2n) is 6.40. The topological polar surface area (TPSA) is 46.2 Å². The van der Waals surface area contributed by atoms with Gasteiger partial charge in [-0.1, -0.05) is 6.08 Å². The third-order valence-corrected chi connectivity index (χ3v) is 4.89. The van der Waals surface area contributed by atoms with Crippen LogP contribution in [0.1, 0.15) is 46.0 Å². The molecule has 1 atom stereocenters. The molecule has 1 saturated carbocycles. The van der Waals surface area contributed by atoms with Crippen LogP contribution in [0.15, 0.2) is 24.1 Å². The largest absolute Gasteiger partial charge is 0.393 e. The highest BCUT2D eigenvalue weighted by Gasteiger charge is 2.49. The van der Waals surface area contributed by atoms with E-state index < -0.39 is 0 Å². The van der Waals surface area contributed by atoms with E-state index in [1.165, 1.54) is 0 Å². The lowest BCUT2D eigenvalue weighted by atomic mass is 9.55. The maximum atomic E-state index is 13.1. The van der Waals surface area contributed by atoms with E-state index in [-0.39, 0.29) is 28.8 Å². The molecule has 18 heavy (non-hydrogen) atoms. The van der Waals surface area contributed by atoms with Crippen molar-refractivity contribution in [3.8, 4) is 0 Å². The molecule has 2 aliphatic rings. The Labute approximate surface area is 109 Å². The maximum absolute atomic E-state index is 13.1. The molecular formula is C15H24FNO. The molecule has 3 N–H and O–H groups in total. The van der Waals surface area contributed by atoms with Crippen molar-refractivity contribution in [2.24, 2.45) is 17.1 Å². The van der Waals surface area contributed by atoms with Gasteiger partial charge < -0.3 is 10.8 Å². The van der Waals surface area contributed by atoms with E-state index in [2.05, 4.69) is 13.8 Å². The molecule has 0 spiro atoms. The van der Waals surface area contributed by atoms with Crippen molar-refractivity contribution in [3.05, 3.63) is 24.1 Å². The minimum absolute atomic E-state index is 0.0278. The fourth-order valence-corrected chi connectivity index (χ4v) is 3.61. The Bertz CT molecular complexity index is 359. The molecule has 2 aliphatic carbocycles. The molecule has 0 radical (unpaired) electrons. The molecule has 0 aromatic rings. The first-order chi connectivity index (χ1) is 8.35. The van der Waals surface area contributed by atoms with Crippen molar-refractivity contribution < 1.29 is 9.50 Å². The summed E-state index contributed by atoms with van der Waals surface area (Å²) in [5.74, 6) is 0.136. The van der Waals surface area contributed by atoms with E-state index >= 15 is 0 Å². The van der Waals surface area contributed by atoms with Crippen LogP contribution in [0.2, 0.25) is 0 Å². The van der Waals surface area contributed by atoms with Gasteiger partial charge in [-0.15, -0.1) is 0 Å². The lowest BCUT2D eigenvalue weighted by Gasteiger charge is -2.52. The summed E-state index contributed by atoms with van der Waals surface area (Å²) in [6.07, 6.45) is 9.16. The highest BCUT2D eigenvalue weighted by molar-refractivity contribution is 5.21. The van der Waals surface area contributed by atoms with E-state index in [9.17, 15) is 9.50 Å². The third kappa shape index (κ3) is 2.39. The second kappa shape index (κ2) is 4.78. The lowest BCUT2D eigenvalue weighted by Crippen LogP contribution is -2.56. The Kier molecular flexibility index (Phi) is 3.65. The van der Waals surface area contributed by atoms with Crippen LogP contribution in [0.25, 0.3) is 0 Å². The Morgan fingerprint density at radius 2 is 2.00 bits per heavy atom. The Hall–Kier alpha value is -0.670. The van der Waals surface area contributed by atoms with Gasteiger partial charge in [0, 0.05) is 5.54 Å². The minimum Gasteiger partial charge on any atom is -0.393 e. The van der Waals surface area contributed by atoms with Crippen molar-refractivity contribution in [1.82, 2.24) is 0 Å². The van der Waals surface area contributed by atoms with Crippen LogP contribution in [0.5, 0.6) is 0 Å². The molecular weight excluding hydrogens is 229 g/mol. The molecule has 2 nitrogen and oxygen atoms in total. The summed E-state index contributed by atoms with van der Waals surface area (Å²) >= 11 is 0. The first kappa shape index (κ1) is 13.8. The van der Waals surface area contributed by atoms with Crippen LogP contribution in [0.3, 0.4) is 0 Å². The molecule has 3 heteroatoms. The van der Waals surface area contributed by atoms with Crippen LogP contribution in [0, 0.1) is 11.3 Å². The van der Waals surface area contributed by atoms with E-state index in [1.54, 1.807) is 12.2 Å². The summed E-state index contributed by atoms with van der Waals surface area (Å²) in [5, 5.41) is 9.72. The van der Waals surface area contributed by atoms with Crippen LogP contribution in [-0.4, -0.2) is 16.7 Å². The molecule has 0 heterocycles. The Balaban J connectivity index is 2.24. The molecule has 1 fully saturated rings. The van der Waals surface area contributed by atoms with Crippen molar-refractivity contribution >= 4 is 0 Å². The van der Waals surface area contributed by atoms with Crippen molar-refractivity contribution in [3.63, 3.8) is 0 Å². The van der Waals surface area contributed by atoms with Gasteiger partial charge in [-0.2, -0.15) is 0 Å². The van der Waals surface area contributed by atoms with Crippen LogP contribution in [0.4, 0.5) is 4.39 Å². The summed E-state index contributed by atoms with van der Waals surface area (Å²) in [7, 11) is 0. The monoisotopic (exact) mass is 253 g/mol. The molecule has 1 unspecified atom stereocenters. The van der Waals surface area contributed by atoms with Crippen molar-refractivity contribution in [1.29, 1.82) is 0 Å². The molecule has 0 bridgehead atoms. The van der Waals surface area contributed by atoms with Gasteiger partial charge in [-0.05, 0) is 69.4 Å². The first-order valence-corrected chi connectivity index (χ1v) is 6.86. The normalized spacial score (nSPS) is 37.5. The van der Waals surface area contributed by atoms with E-state index in [1.807, 2.05) is 6.08 Å². The first-order valence-electron chi connectivity index (χ1n) is 6.86. The minimum atomic E-state index is -0.316. The summed E-state index contributed by atoms with van der Waals surface area (Å²) in [4.78, 5) is 0. The summed E-state index contributed by atoms with van der Waals surface area (Å²) in [5.41, 5.74) is 6.08. The molecule has 0 aliphatic heterocycles. The fourth-order valence-electron chi connectivity index (χ4n) is 3.61. The van der Waals surface area contributed by atoms with Gasteiger partial charge in [-0.3, -0.25) is 0 Å². The number of allylic oxidation sites excluding steroid dienone is 4. The number of nitrogens with two attached hydrogens (primary N) is 1. The second-order valence-corrected chi connectivity index (χ2v) is 6.40. The summed E-state index contributed by atoms with van der Waals surface area (Å²) < 4.78 is 13.1. The number of hydrogen-bond acceptors (Lipinski definition) is 2. The van der Waals surface area contributed by atoms with Gasteiger partial charge in [0.05, 0.1) is 6.10 Å². The lowest BCUT2D eigenvalue weighted by molar-refractivity contribution is -0.00781. The van der Waals surface area contributed by atoms with E-state index in [0.29, 0.717) is 0 Å². The Morgan fingerprint density at radius 3 is 2.44 bits per heavy atom. The zero-order chi connectivity index (χ0) is 13.4. The van der Waals surface area contributed by atoms with Crippen LogP contribution < -0.4 is 5.73 Å². The fraction of sp³-hybridized carbons (Fsp3) is 0.733. The average molecular weight is 253 g/mol. The molecule has 0 aromatic carbocycles. The average Bonchev–Trinajstić information content (AvgIpc) is 2.30. The van der Waals surface area contributed by atoms with Gasteiger partial charge in [0.15, 0.2) is 0 Å². The van der Waals surface area contributed by atoms with E-state index in [4.69, 9.17) is 5.73 Å². The summed E-state index contributed by atoms with van der Waals surface area (Å²) in [6, 6.07) is 0. The molecule has 0 aromatic heterocycles. The quantitative estimate of drug-likeness (QED) is 0.794. The number of rotatable bonds is 2. The number of aliphatic hydroxyl groups excluding tert-OH is 1.